The molecule has 0 saturated heterocycles. The van der Waals surface area contributed by atoms with E-state index in [2.05, 4.69) is 78.9 Å². The van der Waals surface area contributed by atoms with Gasteiger partial charge in [0.05, 0.1) is 13.7 Å². The van der Waals surface area contributed by atoms with Crippen LogP contribution >= 0.6 is 0 Å². The van der Waals surface area contributed by atoms with Gasteiger partial charge in [-0.25, -0.2) is 4.98 Å². The molecule has 0 bridgehead atoms. The molecule has 6 aromatic rings. The standard InChI is InChI=1S/C18H24NSi.C16H9N2O.Ir/c1-14(2)11-16-12-17(15-9-7-6-8-10-15)19-13-18(16)20(3,4)5;1-2-9-17-14(8-1)13-6-3-5-11-12-7-4-10-18-16(12)19-15(11)13;/h6-9,12-14H,11H2,1-5H3;1-5,7-10H;/q2*-1;. The van der Waals surface area contributed by atoms with Crippen molar-refractivity contribution in [1.82, 2.24) is 15.0 Å². The fourth-order valence-electron chi connectivity index (χ4n) is 4.76. The molecule has 0 spiro atoms. The largest absolute Gasteiger partial charge is 0.486 e. The molecule has 1 radical (unpaired) electrons. The number of hydrogen-bond donors (Lipinski definition) is 0. The predicted octanol–water partition coefficient (Wildman–Crippen LogP) is 8.13. The summed E-state index contributed by atoms with van der Waals surface area (Å²) >= 11 is 0. The molecule has 40 heavy (non-hydrogen) atoms. The Labute approximate surface area is 251 Å². The van der Waals surface area contributed by atoms with Gasteiger partial charge in [-0.2, -0.15) is 0 Å². The normalized spacial score (nSPS) is 11.2. The average molecular weight is 720 g/mol. The van der Waals surface area contributed by atoms with Gasteiger partial charge in [0.2, 0.25) is 5.71 Å². The molecule has 0 fully saturated rings. The Morgan fingerprint density at radius 2 is 1.60 bits per heavy atom. The van der Waals surface area contributed by atoms with Gasteiger partial charge in [-0.15, -0.1) is 54.1 Å². The minimum Gasteiger partial charge on any atom is -0.486 e. The summed E-state index contributed by atoms with van der Waals surface area (Å²) in [6.07, 6.45) is 6.74. The molecule has 0 aliphatic heterocycles. The van der Waals surface area contributed by atoms with Crippen LogP contribution in [-0.2, 0) is 26.5 Å². The van der Waals surface area contributed by atoms with Crippen LogP contribution in [0.5, 0.6) is 0 Å². The van der Waals surface area contributed by atoms with Crippen molar-refractivity contribution in [2.75, 3.05) is 0 Å². The van der Waals surface area contributed by atoms with Crippen molar-refractivity contribution in [2.24, 2.45) is 5.92 Å². The zero-order valence-electron chi connectivity index (χ0n) is 23.5. The second-order valence-corrected chi connectivity index (χ2v) is 16.2. The second-order valence-electron chi connectivity index (χ2n) is 11.1. The molecule has 0 atom stereocenters. The molecule has 0 N–H and O–H groups in total. The van der Waals surface area contributed by atoms with E-state index >= 15 is 0 Å². The number of pyridine rings is 3. The molecule has 0 aliphatic carbocycles. The third-order valence-corrected chi connectivity index (χ3v) is 8.61. The zero-order chi connectivity index (χ0) is 27.4. The minimum atomic E-state index is -1.34. The number of furan rings is 1. The first-order valence-electron chi connectivity index (χ1n) is 13.4. The molecule has 6 heteroatoms. The van der Waals surface area contributed by atoms with E-state index in [0.717, 1.165) is 45.3 Å². The van der Waals surface area contributed by atoms with Gasteiger partial charge < -0.3 is 14.4 Å². The van der Waals surface area contributed by atoms with E-state index in [4.69, 9.17) is 4.42 Å². The van der Waals surface area contributed by atoms with Crippen LogP contribution in [-0.4, -0.2) is 23.0 Å². The maximum atomic E-state index is 5.86. The molecule has 205 valence electrons. The van der Waals surface area contributed by atoms with Gasteiger partial charge in [-0.3, -0.25) is 0 Å². The summed E-state index contributed by atoms with van der Waals surface area (Å²) < 4.78 is 5.86. The van der Waals surface area contributed by atoms with Gasteiger partial charge in [0.15, 0.2) is 0 Å². The van der Waals surface area contributed by atoms with E-state index in [0.29, 0.717) is 11.6 Å². The maximum Gasteiger partial charge on any atom is 0.216 e. The Balaban J connectivity index is 0.000000180. The number of benzene rings is 2. The van der Waals surface area contributed by atoms with Crippen molar-refractivity contribution in [3.63, 3.8) is 0 Å². The van der Waals surface area contributed by atoms with Crippen LogP contribution in [0, 0.1) is 18.1 Å². The van der Waals surface area contributed by atoms with Crippen LogP contribution in [0.2, 0.25) is 19.6 Å². The van der Waals surface area contributed by atoms with Crippen LogP contribution in [0.15, 0.2) is 95.8 Å². The van der Waals surface area contributed by atoms with E-state index in [-0.39, 0.29) is 20.1 Å². The quantitative estimate of drug-likeness (QED) is 0.133. The van der Waals surface area contributed by atoms with Gasteiger partial charge in [0, 0.05) is 44.1 Å². The Kier molecular flexibility index (Phi) is 9.46. The fourth-order valence-corrected chi connectivity index (χ4v) is 6.35. The number of rotatable bonds is 5. The van der Waals surface area contributed by atoms with Gasteiger partial charge in [-0.05, 0) is 47.1 Å². The van der Waals surface area contributed by atoms with Crippen molar-refractivity contribution in [2.45, 2.75) is 39.9 Å². The first-order valence-corrected chi connectivity index (χ1v) is 16.9. The molecule has 0 saturated carbocycles. The number of aromatic nitrogens is 3. The van der Waals surface area contributed by atoms with Crippen LogP contribution in [0.25, 0.3) is 44.6 Å². The Hall–Kier alpha value is -3.44. The molecule has 0 amide bonds. The van der Waals surface area contributed by atoms with E-state index < -0.39 is 8.07 Å². The third kappa shape index (κ3) is 6.64. The average Bonchev–Trinajstić information content (AvgIpc) is 3.32. The van der Waals surface area contributed by atoms with Gasteiger partial charge in [0.25, 0.3) is 0 Å². The van der Waals surface area contributed by atoms with Gasteiger partial charge >= 0.3 is 0 Å². The van der Waals surface area contributed by atoms with E-state index in [1.54, 1.807) is 12.4 Å². The Morgan fingerprint density at radius 1 is 0.800 bits per heavy atom. The topological polar surface area (TPSA) is 51.8 Å². The van der Waals surface area contributed by atoms with Crippen molar-refractivity contribution in [1.29, 1.82) is 0 Å². The summed E-state index contributed by atoms with van der Waals surface area (Å²) in [6.45, 7) is 11.7. The molecular weight excluding hydrogens is 687 g/mol. The van der Waals surface area contributed by atoms with Gasteiger partial charge in [0.1, 0.15) is 0 Å². The molecule has 4 aromatic heterocycles. The maximum absolute atomic E-state index is 5.86. The zero-order valence-corrected chi connectivity index (χ0v) is 26.9. The van der Waals surface area contributed by atoms with E-state index in [1.807, 2.05) is 60.7 Å². The first kappa shape index (κ1) is 29.5. The SMILES string of the molecule is CC(C)Cc1cc(-c2[c-]cccc2)ncc1[Si](C)(C)C.[Ir].[c-]1ccc2c(oc3ncccc32)c1-c1ccccn1. The number of hydrogen-bond acceptors (Lipinski definition) is 4. The van der Waals surface area contributed by atoms with E-state index in [9.17, 15) is 0 Å². The molecular formula is C34H33IrN3OSi-2. The molecule has 6 rings (SSSR count). The number of nitrogens with zero attached hydrogens (tertiary/aromatic N) is 3. The summed E-state index contributed by atoms with van der Waals surface area (Å²) in [7, 11) is -1.34. The third-order valence-electron chi connectivity index (χ3n) is 6.54. The summed E-state index contributed by atoms with van der Waals surface area (Å²) in [5.74, 6) is 0.667. The fraction of sp³-hybridized carbons (Fsp3) is 0.206. The van der Waals surface area contributed by atoms with Gasteiger partial charge in [-0.1, -0.05) is 68.2 Å². The minimum absolute atomic E-state index is 0. The van der Waals surface area contributed by atoms with Crippen LogP contribution in [0.3, 0.4) is 0 Å². The van der Waals surface area contributed by atoms with Crippen molar-refractivity contribution >= 4 is 35.3 Å². The van der Waals surface area contributed by atoms with Crippen LogP contribution in [0.1, 0.15) is 19.4 Å². The summed E-state index contributed by atoms with van der Waals surface area (Å²) in [5, 5.41) is 3.55. The van der Waals surface area contributed by atoms with E-state index in [1.165, 1.54) is 10.8 Å². The molecule has 4 heterocycles. The molecule has 0 unspecified atom stereocenters. The van der Waals surface area contributed by atoms with Crippen LogP contribution in [0.4, 0.5) is 0 Å². The first-order chi connectivity index (χ1) is 18.8. The Bertz CT molecular complexity index is 1690. The molecule has 4 nitrogen and oxygen atoms in total. The Morgan fingerprint density at radius 3 is 2.30 bits per heavy atom. The number of fused-ring (bicyclic) bond motifs is 3. The predicted molar refractivity (Wildman–Crippen MR) is 164 cm³/mol. The smallest absolute Gasteiger partial charge is 0.216 e. The summed E-state index contributed by atoms with van der Waals surface area (Å²) in [6, 6.07) is 30.4. The second kappa shape index (κ2) is 12.8. The molecule has 0 aliphatic rings. The summed E-state index contributed by atoms with van der Waals surface area (Å²) in [5.41, 5.74) is 6.76. The monoisotopic (exact) mass is 720 g/mol. The summed E-state index contributed by atoms with van der Waals surface area (Å²) in [4.78, 5) is 13.3. The van der Waals surface area contributed by atoms with Crippen LogP contribution < -0.4 is 5.19 Å². The van der Waals surface area contributed by atoms with Crippen molar-refractivity contribution < 1.29 is 24.5 Å². The van der Waals surface area contributed by atoms with Crippen molar-refractivity contribution in [3.05, 3.63) is 109 Å². The van der Waals surface area contributed by atoms with Crippen molar-refractivity contribution in [3.8, 4) is 22.5 Å². The molecule has 2 aromatic carbocycles.